The van der Waals surface area contributed by atoms with Crippen molar-refractivity contribution in [2.45, 2.75) is 32.2 Å². The van der Waals surface area contributed by atoms with E-state index in [-0.39, 0.29) is 18.7 Å². The molecule has 4 rings (SSSR count). The van der Waals surface area contributed by atoms with Gasteiger partial charge >= 0.3 is 0 Å². The summed E-state index contributed by atoms with van der Waals surface area (Å²) in [5.41, 5.74) is 1.87. The molecule has 3 heterocycles. The molecule has 1 aliphatic heterocycles. The summed E-state index contributed by atoms with van der Waals surface area (Å²) in [4.78, 5) is 21.1. The van der Waals surface area contributed by atoms with Crippen molar-refractivity contribution in [3.05, 3.63) is 54.1 Å². The summed E-state index contributed by atoms with van der Waals surface area (Å²) in [5.74, 6) is 2.13. The molecule has 1 atom stereocenters. The fourth-order valence-corrected chi connectivity index (χ4v) is 3.02. The number of aryl methyl sites for hydroxylation is 1. The molecule has 0 unspecified atom stereocenters. The highest BCUT2D eigenvalue weighted by molar-refractivity contribution is 5.76. The predicted molar refractivity (Wildman–Crippen MR) is 95.0 cm³/mol. The number of hydrogen-bond acceptors (Lipinski definition) is 5. The van der Waals surface area contributed by atoms with Crippen molar-refractivity contribution in [1.29, 1.82) is 0 Å². The van der Waals surface area contributed by atoms with E-state index in [1.165, 1.54) is 0 Å². The summed E-state index contributed by atoms with van der Waals surface area (Å²) >= 11 is 0. The summed E-state index contributed by atoms with van der Waals surface area (Å²) < 4.78 is 12.5. The first-order valence-corrected chi connectivity index (χ1v) is 8.70. The minimum Gasteiger partial charge on any atom is -0.454 e. The number of carbonyl (C=O) groups excluding carboxylic acids is 1. The summed E-state index contributed by atoms with van der Waals surface area (Å²) in [7, 11) is 0. The molecule has 26 heavy (non-hydrogen) atoms. The van der Waals surface area contributed by atoms with E-state index in [0.29, 0.717) is 18.6 Å². The minimum atomic E-state index is -0.124. The molecule has 0 fully saturated rings. The Hall–Kier alpha value is -3.09. The number of ether oxygens (including phenoxy) is 2. The molecule has 0 radical (unpaired) electrons. The van der Waals surface area contributed by atoms with Crippen LogP contribution in [0.15, 0.2) is 42.9 Å². The molecular formula is C19H20N4O3. The lowest BCUT2D eigenvalue weighted by atomic mass is 10.1. The van der Waals surface area contributed by atoms with Crippen molar-refractivity contribution in [2.75, 3.05) is 6.79 Å². The first-order valence-electron chi connectivity index (χ1n) is 8.70. The first-order chi connectivity index (χ1) is 12.7. The topological polar surface area (TPSA) is 77.8 Å². The molecule has 7 nitrogen and oxygen atoms in total. The van der Waals surface area contributed by atoms with E-state index >= 15 is 0 Å². The standard InChI is InChI=1S/C19H20N4O3/c1-2-14(15-11-23-9-3-8-20-19(23)22-15)21-18(24)7-5-13-4-6-16-17(10-13)26-12-25-16/h3-4,6,8-11,14H,2,5,7,12H2,1H3,(H,21,24)/t14-/m1/s1. The highest BCUT2D eigenvalue weighted by atomic mass is 16.7. The van der Waals surface area contributed by atoms with Crippen molar-refractivity contribution < 1.29 is 14.3 Å². The Balaban J connectivity index is 1.38. The van der Waals surface area contributed by atoms with Gasteiger partial charge in [0.25, 0.3) is 0 Å². The zero-order valence-corrected chi connectivity index (χ0v) is 14.5. The second-order valence-electron chi connectivity index (χ2n) is 6.21. The molecule has 134 valence electrons. The molecule has 1 aliphatic rings. The molecule has 0 saturated heterocycles. The fourth-order valence-electron chi connectivity index (χ4n) is 3.02. The minimum absolute atomic E-state index is 0.000433. The summed E-state index contributed by atoms with van der Waals surface area (Å²) in [6.07, 6.45) is 7.33. The zero-order chi connectivity index (χ0) is 17.9. The third kappa shape index (κ3) is 3.33. The Morgan fingerprint density at radius 1 is 1.35 bits per heavy atom. The number of imidazole rings is 1. The number of fused-ring (bicyclic) bond motifs is 2. The normalized spacial score (nSPS) is 13.7. The largest absolute Gasteiger partial charge is 0.454 e. The predicted octanol–water partition coefficient (Wildman–Crippen LogP) is 2.66. The van der Waals surface area contributed by atoms with Crippen LogP contribution < -0.4 is 14.8 Å². The van der Waals surface area contributed by atoms with Crippen LogP contribution in [0, 0.1) is 0 Å². The van der Waals surface area contributed by atoms with Crippen LogP contribution in [0.1, 0.15) is 37.1 Å². The van der Waals surface area contributed by atoms with Gasteiger partial charge in [-0.2, -0.15) is 0 Å². The van der Waals surface area contributed by atoms with E-state index in [1.54, 1.807) is 6.20 Å². The number of amides is 1. The monoisotopic (exact) mass is 352 g/mol. The van der Waals surface area contributed by atoms with Crippen molar-refractivity contribution in [1.82, 2.24) is 19.7 Å². The number of nitrogens with one attached hydrogen (secondary N) is 1. The van der Waals surface area contributed by atoms with E-state index in [9.17, 15) is 4.79 Å². The molecular weight excluding hydrogens is 332 g/mol. The second-order valence-corrected chi connectivity index (χ2v) is 6.21. The maximum atomic E-state index is 12.4. The lowest BCUT2D eigenvalue weighted by molar-refractivity contribution is -0.121. The van der Waals surface area contributed by atoms with Crippen LogP contribution in [0.4, 0.5) is 0 Å². The van der Waals surface area contributed by atoms with Crippen molar-refractivity contribution >= 4 is 11.7 Å². The smallest absolute Gasteiger partial charge is 0.233 e. The van der Waals surface area contributed by atoms with Crippen molar-refractivity contribution in [2.24, 2.45) is 0 Å². The third-order valence-corrected chi connectivity index (χ3v) is 4.43. The molecule has 0 saturated carbocycles. The van der Waals surface area contributed by atoms with Crippen molar-refractivity contribution in [3.8, 4) is 11.5 Å². The molecule has 1 N–H and O–H groups in total. The van der Waals surface area contributed by atoms with Gasteiger partial charge in [0, 0.05) is 25.0 Å². The highest BCUT2D eigenvalue weighted by Crippen LogP contribution is 2.32. The quantitative estimate of drug-likeness (QED) is 0.738. The Bertz CT molecular complexity index is 904. The molecule has 1 amide bonds. The average Bonchev–Trinajstić information content (AvgIpc) is 3.30. The van der Waals surface area contributed by atoms with Gasteiger partial charge < -0.3 is 14.8 Å². The summed E-state index contributed by atoms with van der Waals surface area (Å²) in [6, 6.07) is 7.50. The van der Waals surface area contributed by atoms with Gasteiger partial charge in [-0.15, -0.1) is 0 Å². The highest BCUT2D eigenvalue weighted by Gasteiger charge is 2.17. The van der Waals surface area contributed by atoms with Crippen molar-refractivity contribution in [3.63, 3.8) is 0 Å². The van der Waals surface area contributed by atoms with E-state index < -0.39 is 0 Å². The zero-order valence-electron chi connectivity index (χ0n) is 14.5. The molecule has 2 aromatic heterocycles. The number of hydrogen-bond donors (Lipinski definition) is 1. The van der Waals surface area contributed by atoms with Crippen LogP contribution in [0.3, 0.4) is 0 Å². The molecule has 7 heteroatoms. The van der Waals surface area contributed by atoms with Gasteiger partial charge in [-0.1, -0.05) is 13.0 Å². The number of benzene rings is 1. The fraction of sp³-hybridized carbons (Fsp3) is 0.316. The molecule has 0 bridgehead atoms. The maximum Gasteiger partial charge on any atom is 0.233 e. The van der Waals surface area contributed by atoms with Crippen LogP contribution in [-0.4, -0.2) is 27.1 Å². The Morgan fingerprint density at radius 3 is 3.08 bits per heavy atom. The van der Waals surface area contributed by atoms with Gasteiger partial charge in [-0.3, -0.25) is 9.20 Å². The van der Waals surface area contributed by atoms with Crippen LogP contribution in [0.25, 0.3) is 5.78 Å². The molecule has 0 aliphatic carbocycles. The number of carbonyl (C=O) groups is 1. The number of aromatic nitrogens is 3. The Morgan fingerprint density at radius 2 is 2.23 bits per heavy atom. The lowest BCUT2D eigenvalue weighted by Crippen LogP contribution is -2.28. The molecule has 1 aromatic carbocycles. The number of nitrogens with zero attached hydrogens (tertiary/aromatic N) is 3. The van der Waals surface area contributed by atoms with Crippen LogP contribution in [0.5, 0.6) is 11.5 Å². The molecule has 3 aromatic rings. The lowest BCUT2D eigenvalue weighted by Gasteiger charge is -2.14. The first kappa shape index (κ1) is 16.4. The van der Waals surface area contributed by atoms with Gasteiger partial charge in [0.05, 0.1) is 11.7 Å². The third-order valence-electron chi connectivity index (χ3n) is 4.43. The Kier molecular flexibility index (Phi) is 4.43. The maximum absolute atomic E-state index is 12.4. The van der Waals surface area contributed by atoms with Gasteiger partial charge in [0.2, 0.25) is 18.5 Å². The number of rotatable bonds is 6. The van der Waals surface area contributed by atoms with Gasteiger partial charge in [0.15, 0.2) is 11.5 Å². The Labute approximate surface area is 151 Å². The van der Waals surface area contributed by atoms with E-state index in [1.807, 2.05) is 48.0 Å². The van der Waals surface area contributed by atoms with Gasteiger partial charge in [-0.25, -0.2) is 9.97 Å². The van der Waals surface area contributed by atoms with Gasteiger partial charge in [-0.05, 0) is 36.6 Å². The second kappa shape index (κ2) is 7.03. The van der Waals surface area contributed by atoms with E-state index in [0.717, 1.165) is 29.2 Å². The van der Waals surface area contributed by atoms with Gasteiger partial charge in [0.1, 0.15) is 0 Å². The van der Waals surface area contributed by atoms with Crippen LogP contribution in [0.2, 0.25) is 0 Å². The van der Waals surface area contributed by atoms with Crippen LogP contribution >= 0.6 is 0 Å². The van der Waals surface area contributed by atoms with E-state index in [2.05, 4.69) is 15.3 Å². The van der Waals surface area contributed by atoms with Crippen LogP contribution in [-0.2, 0) is 11.2 Å². The average molecular weight is 352 g/mol. The summed E-state index contributed by atoms with van der Waals surface area (Å²) in [6.45, 7) is 2.28. The summed E-state index contributed by atoms with van der Waals surface area (Å²) in [5, 5.41) is 3.07. The SMILES string of the molecule is CC[C@@H](NC(=O)CCc1ccc2c(c1)OCO2)c1cn2cccnc2n1. The van der Waals surface area contributed by atoms with E-state index in [4.69, 9.17) is 9.47 Å². The molecule has 0 spiro atoms.